The molecule has 16 heavy (non-hydrogen) atoms. The lowest BCUT2D eigenvalue weighted by atomic mass is 9.99. The van der Waals surface area contributed by atoms with Gasteiger partial charge in [0.25, 0.3) is 0 Å². The fourth-order valence-corrected chi connectivity index (χ4v) is 2.49. The maximum atomic E-state index is 3.28. The van der Waals surface area contributed by atoms with Gasteiger partial charge in [-0.05, 0) is 39.4 Å². The lowest BCUT2D eigenvalue weighted by molar-refractivity contribution is 0.0957. The van der Waals surface area contributed by atoms with Crippen LogP contribution in [-0.4, -0.2) is 62.7 Å². The van der Waals surface area contributed by atoms with Gasteiger partial charge in [-0.3, -0.25) is 4.90 Å². The predicted molar refractivity (Wildman–Crippen MR) is 70.9 cm³/mol. The molecule has 96 valence electrons. The van der Waals surface area contributed by atoms with Crippen LogP contribution in [0, 0.1) is 5.92 Å². The van der Waals surface area contributed by atoms with E-state index in [1.54, 1.807) is 0 Å². The van der Waals surface area contributed by atoms with E-state index >= 15 is 0 Å². The first-order valence-corrected chi connectivity index (χ1v) is 6.70. The number of piperazine rings is 1. The molecule has 0 saturated carbocycles. The molecule has 1 heterocycles. The summed E-state index contributed by atoms with van der Waals surface area (Å²) in [6, 6.07) is 0.779. The molecule has 1 fully saturated rings. The Morgan fingerprint density at radius 3 is 2.25 bits per heavy atom. The molecular formula is C13H29N3. The van der Waals surface area contributed by atoms with E-state index in [-0.39, 0.29) is 0 Å². The Labute approximate surface area is 101 Å². The fourth-order valence-electron chi connectivity index (χ4n) is 2.49. The summed E-state index contributed by atoms with van der Waals surface area (Å²) in [7, 11) is 4.28. The molecule has 3 heteroatoms. The molecular weight excluding hydrogens is 198 g/mol. The molecule has 3 nitrogen and oxygen atoms in total. The van der Waals surface area contributed by atoms with Gasteiger partial charge in [-0.2, -0.15) is 0 Å². The Morgan fingerprint density at radius 2 is 1.75 bits per heavy atom. The van der Waals surface area contributed by atoms with Gasteiger partial charge in [0.1, 0.15) is 0 Å². The van der Waals surface area contributed by atoms with E-state index in [0.717, 1.165) is 18.5 Å². The van der Waals surface area contributed by atoms with Crippen LogP contribution < -0.4 is 5.32 Å². The van der Waals surface area contributed by atoms with Crippen molar-refractivity contribution in [3.8, 4) is 0 Å². The van der Waals surface area contributed by atoms with Gasteiger partial charge < -0.3 is 10.2 Å². The lowest BCUT2D eigenvalue weighted by Crippen LogP contribution is -2.49. The molecule has 0 radical (unpaired) electrons. The zero-order valence-electron chi connectivity index (χ0n) is 11.5. The molecule has 1 aliphatic heterocycles. The third-order valence-corrected chi connectivity index (χ3v) is 3.53. The Hall–Kier alpha value is -0.120. The van der Waals surface area contributed by atoms with E-state index in [9.17, 15) is 0 Å². The highest BCUT2D eigenvalue weighted by atomic mass is 15.3. The van der Waals surface area contributed by atoms with Gasteiger partial charge in [0.05, 0.1) is 0 Å². The summed E-state index contributed by atoms with van der Waals surface area (Å²) in [5.74, 6) is 0.807. The number of rotatable bonds is 6. The van der Waals surface area contributed by atoms with Crippen LogP contribution in [0.15, 0.2) is 0 Å². The zero-order valence-corrected chi connectivity index (χ0v) is 11.5. The second-order valence-electron chi connectivity index (χ2n) is 5.51. The van der Waals surface area contributed by atoms with E-state index in [4.69, 9.17) is 0 Å². The molecule has 1 N–H and O–H groups in total. The molecule has 1 rings (SSSR count). The van der Waals surface area contributed by atoms with Crippen LogP contribution >= 0.6 is 0 Å². The zero-order chi connectivity index (χ0) is 12.0. The van der Waals surface area contributed by atoms with Crippen molar-refractivity contribution in [1.82, 2.24) is 15.1 Å². The SMILES string of the molecule is CNCCC(CC(C)C)N1CCN(C)CC1. The molecule has 1 atom stereocenters. The summed E-state index contributed by atoms with van der Waals surface area (Å²) < 4.78 is 0. The molecule has 1 saturated heterocycles. The average molecular weight is 227 g/mol. The number of hydrogen-bond acceptors (Lipinski definition) is 3. The van der Waals surface area contributed by atoms with Crippen molar-refractivity contribution in [3.63, 3.8) is 0 Å². The first-order chi connectivity index (χ1) is 7.63. The first kappa shape index (κ1) is 13.9. The van der Waals surface area contributed by atoms with Crippen molar-refractivity contribution in [3.05, 3.63) is 0 Å². The lowest BCUT2D eigenvalue weighted by Gasteiger charge is -2.38. The number of nitrogens with zero attached hydrogens (tertiary/aromatic N) is 2. The minimum atomic E-state index is 0.779. The summed E-state index contributed by atoms with van der Waals surface area (Å²) in [6.07, 6.45) is 2.63. The Morgan fingerprint density at radius 1 is 1.12 bits per heavy atom. The third-order valence-electron chi connectivity index (χ3n) is 3.53. The van der Waals surface area contributed by atoms with Crippen molar-refractivity contribution >= 4 is 0 Å². The summed E-state index contributed by atoms with van der Waals surface area (Å²) >= 11 is 0. The number of nitrogens with one attached hydrogen (secondary N) is 1. The van der Waals surface area contributed by atoms with Crippen LogP contribution in [-0.2, 0) is 0 Å². The fraction of sp³-hybridized carbons (Fsp3) is 1.00. The van der Waals surface area contributed by atoms with Gasteiger partial charge in [0.2, 0.25) is 0 Å². The van der Waals surface area contributed by atoms with Gasteiger partial charge in [0.15, 0.2) is 0 Å². The van der Waals surface area contributed by atoms with E-state index in [1.807, 2.05) is 0 Å². The van der Waals surface area contributed by atoms with E-state index in [1.165, 1.54) is 39.0 Å². The average Bonchev–Trinajstić information content (AvgIpc) is 2.25. The Balaban J connectivity index is 2.40. The topological polar surface area (TPSA) is 18.5 Å². The first-order valence-electron chi connectivity index (χ1n) is 6.70. The van der Waals surface area contributed by atoms with Gasteiger partial charge in [-0.1, -0.05) is 13.8 Å². The molecule has 0 aromatic heterocycles. The van der Waals surface area contributed by atoms with Crippen molar-refractivity contribution in [2.75, 3.05) is 46.8 Å². The second kappa shape index (κ2) is 7.25. The van der Waals surface area contributed by atoms with Crippen LogP contribution in [0.5, 0.6) is 0 Å². The Kier molecular flexibility index (Phi) is 6.32. The van der Waals surface area contributed by atoms with E-state index < -0.39 is 0 Å². The molecule has 0 aromatic carbocycles. The summed E-state index contributed by atoms with van der Waals surface area (Å²) in [5, 5.41) is 3.28. The molecule has 0 aliphatic carbocycles. The van der Waals surface area contributed by atoms with Crippen LogP contribution in [0.3, 0.4) is 0 Å². The van der Waals surface area contributed by atoms with Crippen LogP contribution in [0.25, 0.3) is 0 Å². The van der Waals surface area contributed by atoms with Crippen LogP contribution in [0.4, 0.5) is 0 Å². The summed E-state index contributed by atoms with van der Waals surface area (Å²) in [6.45, 7) is 10.8. The normalized spacial score (nSPS) is 21.6. The van der Waals surface area contributed by atoms with E-state index in [2.05, 4.69) is 43.1 Å². The molecule has 1 aliphatic rings. The molecule has 0 spiro atoms. The van der Waals surface area contributed by atoms with Crippen molar-refractivity contribution < 1.29 is 0 Å². The van der Waals surface area contributed by atoms with Crippen LogP contribution in [0.1, 0.15) is 26.7 Å². The monoisotopic (exact) mass is 227 g/mol. The van der Waals surface area contributed by atoms with Crippen molar-refractivity contribution in [2.24, 2.45) is 5.92 Å². The van der Waals surface area contributed by atoms with Gasteiger partial charge in [0, 0.05) is 32.2 Å². The largest absolute Gasteiger partial charge is 0.320 e. The number of likely N-dealkylation sites (N-methyl/N-ethyl adjacent to an activating group) is 1. The summed E-state index contributed by atoms with van der Waals surface area (Å²) in [5.41, 5.74) is 0. The standard InChI is InChI=1S/C13H29N3/c1-12(2)11-13(5-6-14-3)16-9-7-15(4)8-10-16/h12-14H,5-11H2,1-4H3. The Bertz CT molecular complexity index is 174. The highest BCUT2D eigenvalue weighted by Crippen LogP contribution is 2.16. The highest BCUT2D eigenvalue weighted by molar-refractivity contribution is 4.78. The third kappa shape index (κ3) is 4.81. The quantitative estimate of drug-likeness (QED) is 0.737. The maximum Gasteiger partial charge on any atom is 0.0113 e. The molecule has 0 amide bonds. The number of hydrogen-bond donors (Lipinski definition) is 1. The molecule has 0 bridgehead atoms. The highest BCUT2D eigenvalue weighted by Gasteiger charge is 2.22. The minimum absolute atomic E-state index is 0.779. The van der Waals surface area contributed by atoms with Crippen molar-refractivity contribution in [1.29, 1.82) is 0 Å². The van der Waals surface area contributed by atoms with Gasteiger partial charge in [-0.25, -0.2) is 0 Å². The van der Waals surface area contributed by atoms with Gasteiger partial charge >= 0.3 is 0 Å². The van der Waals surface area contributed by atoms with Gasteiger partial charge in [-0.15, -0.1) is 0 Å². The van der Waals surface area contributed by atoms with E-state index in [0.29, 0.717) is 0 Å². The smallest absolute Gasteiger partial charge is 0.0113 e. The molecule has 1 unspecified atom stereocenters. The second-order valence-corrected chi connectivity index (χ2v) is 5.51. The maximum absolute atomic E-state index is 3.28. The molecule has 0 aromatic rings. The summed E-state index contributed by atoms with van der Waals surface area (Å²) in [4.78, 5) is 5.12. The minimum Gasteiger partial charge on any atom is -0.320 e. The predicted octanol–water partition coefficient (Wildman–Crippen LogP) is 1.26. The van der Waals surface area contributed by atoms with Crippen LogP contribution in [0.2, 0.25) is 0 Å². The van der Waals surface area contributed by atoms with Crippen molar-refractivity contribution in [2.45, 2.75) is 32.7 Å².